The standard InChI is InChI=1S/C13H19ClFNO/c1-13(2,3)11(16)7-10(17)8-5-4-6-9(14)12(8)15/h4-6,10-11,17H,7,16H2,1-3H3/t10-,11+/m0/s1. The van der Waals surface area contributed by atoms with Crippen molar-refractivity contribution in [3.05, 3.63) is 34.6 Å². The maximum absolute atomic E-state index is 13.7. The van der Waals surface area contributed by atoms with Crippen molar-refractivity contribution in [2.45, 2.75) is 39.3 Å². The van der Waals surface area contributed by atoms with Gasteiger partial charge in [-0.25, -0.2) is 4.39 Å². The molecular formula is C13H19ClFNO. The smallest absolute Gasteiger partial charge is 0.147 e. The largest absolute Gasteiger partial charge is 0.388 e. The monoisotopic (exact) mass is 259 g/mol. The summed E-state index contributed by atoms with van der Waals surface area (Å²) in [6.45, 7) is 5.95. The SMILES string of the molecule is CC(C)(C)[C@H](N)C[C@H](O)c1cccc(Cl)c1F. The van der Waals surface area contributed by atoms with E-state index >= 15 is 0 Å². The molecule has 1 aromatic carbocycles. The lowest BCUT2D eigenvalue weighted by Gasteiger charge is -2.29. The quantitative estimate of drug-likeness (QED) is 0.875. The molecule has 2 atom stereocenters. The molecule has 0 saturated heterocycles. The zero-order valence-electron chi connectivity index (χ0n) is 10.4. The summed E-state index contributed by atoms with van der Waals surface area (Å²) in [5.41, 5.74) is 6.04. The fourth-order valence-electron chi connectivity index (χ4n) is 1.50. The molecule has 96 valence electrons. The third-order valence-corrected chi connectivity index (χ3v) is 3.22. The lowest BCUT2D eigenvalue weighted by molar-refractivity contribution is 0.130. The fourth-order valence-corrected chi connectivity index (χ4v) is 1.68. The molecule has 0 spiro atoms. The molecule has 17 heavy (non-hydrogen) atoms. The lowest BCUT2D eigenvalue weighted by atomic mass is 9.83. The fraction of sp³-hybridized carbons (Fsp3) is 0.538. The zero-order chi connectivity index (χ0) is 13.2. The highest BCUT2D eigenvalue weighted by Crippen LogP contribution is 2.29. The summed E-state index contributed by atoms with van der Waals surface area (Å²) in [6.07, 6.45) is -0.622. The molecule has 0 unspecified atom stereocenters. The zero-order valence-corrected chi connectivity index (χ0v) is 11.1. The Morgan fingerprint density at radius 2 is 2.00 bits per heavy atom. The average molecular weight is 260 g/mol. The highest BCUT2D eigenvalue weighted by atomic mass is 35.5. The van der Waals surface area contributed by atoms with Crippen molar-refractivity contribution in [3.8, 4) is 0 Å². The van der Waals surface area contributed by atoms with E-state index in [-0.39, 0.29) is 22.0 Å². The average Bonchev–Trinajstić information content (AvgIpc) is 2.20. The first-order valence-electron chi connectivity index (χ1n) is 5.61. The third-order valence-electron chi connectivity index (χ3n) is 2.93. The van der Waals surface area contributed by atoms with Gasteiger partial charge in [0.2, 0.25) is 0 Å². The highest BCUT2D eigenvalue weighted by Gasteiger charge is 2.25. The lowest BCUT2D eigenvalue weighted by Crippen LogP contribution is -2.36. The van der Waals surface area contributed by atoms with Crippen LogP contribution in [0.15, 0.2) is 18.2 Å². The Kier molecular flexibility index (Phi) is 4.53. The predicted molar refractivity (Wildman–Crippen MR) is 68.4 cm³/mol. The van der Waals surface area contributed by atoms with Crippen LogP contribution in [0, 0.1) is 11.2 Å². The van der Waals surface area contributed by atoms with Crippen LogP contribution in [0.25, 0.3) is 0 Å². The predicted octanol–water partition coefficient (Wildman–Crippen LogP) is 3.28. The van der Waals surface area contributed by atoms with E-state index in [1.165, 1.54) is 12.1 Å². The molecule has 1 aromatic rings. The van der Waals surface area contributed by atoms with Crippen LogP contribution in [0.1, 0.15) is 38.9 Å². The number of aliphatic hydroxyl groups is 1. The first kappa shape index (κ1) is 14.4. The summed E-state index contributed by atoms with van der Waals surface area (Å²) in [6, 6.07) is 4.39. The molecular weight excluding hydrogens is 241 g/mol. The van der Waals surface area contributed by atoms with E-state index in [9.17, 15) is 9.50 Å². The minimum absolute atomic E-state index is 0.0193. The first-order chi connectivity index (χ1) is 7.73. The molecule has 0 aromatic heterocycles. The molecule has 3 N–H and O–H groups in total. The van der Waals surface area contributed by atoms with Crippen LogP contribution in [-0.4, -0.2) is 11.1 Å². The van der Waals surface area contributed by atoms with Gasteiger partial charge in [0, 0.05) is 11.6 Å². The minimum Gasteiger partial charge on any atom is -0.388 e. The van der Waals surface area contributed by atoms with Crippen molar-refractivity contribution < 1.29 is 9.50 Å². The van der Waals surface area contributed by atoms with Gasteiger partial charge in [-0.15, -0.1) is 0 Å². The van der Waals surface area contributed by atoms with Crippen LogP contribution in [0.3, 0.4) is 0 Å². The summed E-state index contributed by atoms with van der Waals surface area (Å²) >= 11 is 5.67. The third kappa shape index (κ3) is 3.66. The van der Waals surface area contributed by atoms with E-state index < -0.39 is 11.9 Å². The Morgan fingerprint density at radius 3 is 2.53 bits per heavy atom. The van der Waals surface area contributed by atoms with Gasteiger partial charge in [-0.3, -0.25) is 0 Å². The maximum Gasteiger partial charge on any atom is 0.147 e. The van der Waals surface area contributed by atoms with Gasteiger partial charge in [-0.2, -0.15) is 0 Å². The summed E-state index contributed by atoms with van der Waals surface area (Å²) in [7, 11) is 0. The second-order valence-electron chi connectivity index (χ2n) is 5.37. The normalized spacial score (nSPS) is 15.7. The number of rotatable bonds is 3. The van der Waals surface area contributed by atoms with Crippen molar-refractivity contribution in [3.63, 3.8) is 0 Å². The Morgan fingerprint density at radius 1 is 1.41 bits per heavy atom. The molecule has 0 saturated carbocycles. The molecule has 0 aliphatic heterocycles. The Bertz CT molecular complexity index is 389. The van der Waals surface area contributed by atoms with Crippen LogP contribution in [-0.2, 0) is 0 Å². The van der Waals surface area contributed by atoms with E-state index in [0.29, 0.717) is 6.42 Å². The van der Waals surface area contributed by atoms with Crippen molar-refractivity contribution in [2.24, 2.45) is 11.1 Å². The summed E-state index contributed by atoms with van der Waals surface area (Å²) in [5.74, 6) is -0.567. The molecule has 0 aliphatic rings. The second kappa shape index (κ2) is 5.34. The first-order valence-corrected chi connectivity index (χ1v) is 5.99. The van der Waals surface area contributed by atoms with Gasteiger partial charge in [0.15, 0.2) is 0 Å². The van der Waals surface area contributed by atoms with Crippen molar-refractivity contribution in [2.75, 3.05) is 0 Å². The van der Waals surface area contributed by atoms with E-state index in [4.69, 9.17) is 17.3 Å². The summed E-state index contributed by atoms with van der Waals surface area (Å²) in [5, 5.41) is 10.0. The molecule has 1 rings (SSSR count). The highest BCUT2D eigenvalue weighted by molar-refractivity contribution is 6.30. The van der Waals surface area contributed by atoms with Crippen LogP contribution in [0.5, 0.6) is 0 Å². The maximum atomic E-state index is 13.7. The minimum atomic E-state index is -0.928. The van der Waals surface area contributed by atoms with E-state index in [2.05, 4.69) is 0 Å². The number of nitrogens with two attached hydrogens (primary N) is 1. The molecule has 0 heterocycles. The molecule has 0 fully saturated rings. The molecule has 0 radical (unpaired) electrons. The van der Waals surface area contributed by atoms with E-state index in [1.807, 2.05) is 20.8 Å². The Labute approximate surface area is 107 Å². The van der Waals surface area contributed by atoms with Gasteiger partial charge in [0.05, 0.1) is 11.1 Å². The molecule has 0 aliphatic carbocycles. The van der Waals surface area contributed by atoms with Crippen LogP contribution in [0.2, 0.25) is 5.02 Å². The second-order valence-corrected chi connectivity index (χ2v) is 5.77. The molecule has 2 nitrogen and oxygen atoms in total. The van der Waals surface area contributed by atoms with E-state index in [0.717, 1.165) is 0 Å². The van der Waals surface area contributed by atoms with Gasteiger partial charge in [0.1, 0.15) is 5.82 Å². The van der Waals surface area contributed by atoms with Gasteiger partial charge in [-0.1, -0.05) is 44.5 Å². The Balaban J connectivity index is 2.84. The van der Waals surface area contributed by atoms with Crippen LogP contribution < -0.4 is 5.73 Å². The van der Waals surface area contributed by atoms with Crippen molar-refractivity contribution in [1.29, 1.82) is 0 Å². The summed E-state index contributed by atoms with van der Waals surface area (Å²) in [4.78, 5) is 0. The van der Waals surface area contributed by atoms with Gasteiger partial charge in [0.25, 0.3) is 0 Å². The summed E-state index contributed by atoms with van der Waals surface area (Å²) < 4.78 is 13.7. The topological polar surface area (TPSA) is 46.2 Å². The molecule has 0 bridgehead atoms. The van der Waals surface area contributed by atoms with Gasteiger partial charge >= 0.3 is 0 Å². The van der Waals surface area contributed by atoms with E-state index in [1.54, 1.807) is 6.07 Å². The van der Waals surface area contributed by atoms with Crippen molar-refractivity contribution in [1.82, 2.24) is 0 Å². The number of aliphatic hydroxyl groups excluding tert-OH is 1. The number of hydrogen-bond donors (Lipinski definition) is 2. The molecule has 0 amide bonds. The molecule has 4 heteroatoms. The number of halogens is 2. The van der Waals surface area contributed by atoms with Gasteiger partial charge in [-0.05, 0) is 17.9 Å². The van der Waals surface area contributed by atoms with Crippen molar-refractivity contribution >= 4 is 11.6 Å². The Hall–Kier alpha value is -0.640. The van der Waals surface area contributed by atoms with Gasteiger partial charge < -0.3 is 10.8 Å². The number of benzene rings is 1. The van der Waals surface area contributed by atoms with Crippen LogP contribution in [0.4, 0.5) is 4.39 Å². The van der Waals surface area contributed by atoms with Crippen LogP contribution >= 0.6 is 11.6 Å². The number of hydrogen-bond acceptors (Lipinski definition) is 2.